The molecule has 0 spiro atoms. The van der Waals surface area contributed by atoms with Crippen LogP contribution in [-0.4, -0.2) is 12.5 Å². The Morgan fingerprint density at radius 1 is 1.00 bits per heavy atom. The number of hydrogen-bond acceptors (Lipinski definition) is 2. The topological polar surface area (TPSA) is 58.9 Å². The molecule has 0 aliphatic heterocycles. The van der Waals surface area contributed by atoms with E-state index in [1.165, 1.54) is 0 Å². The number of anilines is 1. The van der Waals surface area contributed by atoms with Crippen LogP contribution in [0.1, 0.15) is 18.7 Å². The lowest BCUT2D eigenvalue weighted by Gasteiger charge is -2.09. The van der Waals surface area contributed by atoms with E-state index in [1.54, 1.807) is 6.26 Å². The molecule has 0 bridgehead atoms. The van der Waals surface area contributed by atoms with Crippen LogP contribution >= 0.6 is 0 Å². The van der Waals surface area contributed by atoms with Crippen molar-refractivity contribution in [1.29, 1.82) is 0 Å². The van der Waals surface area contributed by atoms with E-state index in [0.29, 0.717) is 6.54 Å². The number of hydrogen-bond donors (Lipinski definition) is 2. The molecule has 0 radical (unpaired) electrons. The Morgan fingerprint density at radius 3 is 2.38 bits per heavy atom. The highest BCUT2D eigenvalue weighted by molar-refractivity contribution is 5.91. The van der Waals surface area contributed by atoms with Crippen LogP contribution in [0.25, 0.3) is 11.1 Å². The summed E-state index contributed by atoms with van der Waals surface area (Å²) >= 11 is 0. The SMILES string of the molecule is C[C@@H]([NH2+]CC(=O)Nc1ccc(-c2ccccc2)cc1)c1ccco1. The van der Waals surface area contributed by atoms with Crippen molar-refractivity contribution in [1.82, 2.24) is 0 Å². The van der Waals surface area contributed by atoms with E-state index >= 15 is 0 Å². The molecule has 24 heavy (non-hydrogen) atoms. The molecule has 2 aromatic carbocycles. The third kappa shape index (κ3) is 4.12. The van der Waals surface area contributed by atoms with E-state index in [0.717, 1.165) is 22.6 Å². The zero-order valence-electron chi connectivity index (χ0n) is 13.6. The predicted molar refractivity (Wildman–Crippen MR) is 94.4 cm³/mol. The van der Waals surface area contributed by atoms with Gasteiger partial charge in [0.25, 0.3) is 5.91 Å². The first-order valence-corrected chi connectivity index (χ1v) is 8.04. The molecule has 1 aromatic heterocycles. The van der Waals surface area contributed by atoms with E-state index in [9.17, 15) is 4.79 Å². The molecule has 3 N–H and O–H groups in total. The van der Waals surface area contributed by atoms with Crippen LogP contribution < -0.4 is 10.6 Å². The van der Waals surface area contributed by atoms with Crippen molar-refractivity contribution in [2.45, 2.75) is 13.0 Å². The number of carbonyl (C=O) groups excluding carboxylic acids is 1. The van der Waals surface area contributed by atoms with Crippen molar-refractivity contribution < 1.29 is 14.5 Å². The molecule has 3 aromatic rings. The molecule has 4 heteroatoms. The number of carbonyl (C=O) groups is 1. The Kier molecular flexibility index (Phi) is 5.08. The maximum atomic E-state index is 12.1. The van der Waals surface area contributed by atoms with E-state index < -0.39 is 0 Å². The minimum absolute atomic E-state index is 0.0270. The molecule has 0 aliphatic rings. The summed E-state index contributed by atoms with van der Waals surface area (Å²) in [6.07, 6.45) is 1.65. The monoisotopic (exact) mass is 321 g/mol. The lowest BCUT2D eigenvalue weighted by Crippen LogP contribution is -2.86. The van der Waals surface area contributed by atoms with Crippen LogP contribution in [0.2, 0.25) is 0 Å². The number of nitrogens with one attached hydrogen (secondary N) is 1. The van der Waals surface area contributed by atoms with Gasteiger partial charge in [0, 0.05) is 5.69 Å². The van der Waals surface area contributed by atoms with Crippen molar-refractivity contribution in [3.05, 3.63) is 78.8 Å². The Balaban J connectivity index is 1.53. The van der Waals surface area contributed by atoms with Gasteiger partial charge in [0.15, 0.2) is 12.3 Å². The Morgan fingerprint density at radius 2 is 1.71 bits per heavy atom. The quantitative estimate of drug-likeness (QED) is 0.732. The molecule has 0 saturated carbocycles. The van der Waals surface area contributed by atoms with Gasteiger partial charge in [-0.15, -0.1) is 0 Å². The number of quaternary nitrogens is 1. The maximum absolute atomic E-state index is 12.1. The average molecular weight is 321 g/mol. The van der Waals surface area contributed by atoms with Gasteiger partial charge in [-0.1, -0.05) is 42.5 Å². The minimum atomic E-state index is -0.0270. The fraction of sp³-hybridized carbons (Fsp3) is 0.150. The minimum Gasteiger partial charge on any atom is -0.463 e. The van der Waals surface area contributed by atoms with E-state index in [1.807, 2.05) is 66.8 Å². The third-order valence-electron chi connectivity index (χ3n) is 3.92. The van der Waals surface area contributed by atoms with Crippen LogP contribution in [0.4, 0.5) is 5.69 Å². The maximum Gasteiger partial charge on any atom is 0.279 e. The van der Waals surface area contributed by atoms with Gasteiger partial charge in [0.2, 0.25) is 0 Å². The zero-order valence-corrected chi connectivity index (χ0v) is 13.6. The number of amides is 1. The van der Waals surface area contributed by atoms with E-state index in [4.69, 9.17) is 4.42 Å². The van der Waals surface area contributed by atoms with Crippen molar-refractivity contribution in [3.63, 3.8) is 0 Å². The molecular formula is C20H21N2O2+. The highest BCUT2D eigenvalue weighted by atomic mass is 16.3. The highest BCUT2D eigenvalue weighted by Gasteiger charge is 2.13. The lowest BCUT2D eigenvalue weighted by atomic mass is 10.1. The molecular weight excluding hydrogens is 300 g/mol. The number of furan rings is 1. The summed E-state index contributed by atoms with van der Waals surface area (Å²) in [5, 5.41) is 4.87. The van der Waals surface area contributed by atoms with Gasteiger partial charge in [-0.2, -0.15) is 0 Å². The molecule has 4 nitrogen and oxygen atoms in total. The number of benzene rings is 2. The zero-order chi connectivity index (χ0) is 16.8. The molecule has 0 fully saturated rings. The van der Waals surface area contributed by atoms with Crippen LogP contribution in [0.3, 0.4) is 0 Å². The third-order valence-corrected chi connectivity index (χ3v) is 3.92. The molecule has 0 aliphatic carbocycles. The van der Waals surface area contributed by atoms with Gasteiger partial charge in [-0.3, -0.25) is 4.79 Å². The molecule has 1 amide bonds. The standard InChI is InChI=1S/C20H20N2O2/c1-15(19-8-5-13-24-19)21-14-20(23)22-18-11-9-17(10-12-18)16-6-3-2-4-7-16/h2-13,15,21H,14H2,1H3,(H,22,23)/p+1/t15-/m1/s1. The summed E-state index contributed by atoms with van der Waals surface area (Å²) in [4.78, 5) is 12.1. The normalized spacial score (nSPS) is 11.9. The smallest absolute Gasteiger partial charge is 0.279 e. The summed E-state index contributed by atoms with van der Waals surface area (Å²) in [5.41, 5.74) is 3.10. The average Bonchev–Trinajstić information content (AvgIpc) is 3.16. The van der Waals surface area contributed by atoms with Crippen LogP contribution in [-0.2, 0) is 4.79 Å². The molecule has 3 rings (SSSR count). The summed E-state index contributed by atoms with van der Waals surface area (Å²) < 4.78 is 5.34. The number of nitrogens with two attached hydrogens (primary N) is 1. The largest absolute Gasteiger partial charge is 0.463 e. The van der Waals surface area contributed by atoms with Gasteiger partial charge in [-0.05, 0) is 42.3 Å². The summed E-state index contributed by atoms with van der Waals surface area (Å²) in [7, 11) is 0. The van der Waals surface area contributed by atoms with Gasteiger partial charge in [0.05, 0.1) is 6.26 Å². The first-order chi connectivity index (χ1) is 11.7. The van der Waals surface area contributed by atoms with Crippen molar-refractivity contribution in [2.24, 2.45) is 0 Å². The van der Waals surface area contributed by atoms with Gasteiger partial charge in [-0.25, -0.2) is 0 Å². The second-order valence-electron chi connectivity index (χ2n) is 5.74. The molecule has 1 heterocycles. The summed E-state index contributed by atoms with van der Waals surface area (Å²) in [5.74, 6) is 0.843. The fourth-order valence-electron chi connectivity index (χ4n) is 2.54. The van der Waals surface area contributed by atoms with Gasteiger partial charge in [0.1, 0.15) is 6.04 Å². The lowest BCUT2D eigenvalue weighted by molar-refractivity contribution is -0.684. The molecule has 122 valence electrons. The predicted octanol–water partition coefficient (Wildman–Crippen LogP) is 3.21. The summed E-state index contributed by atoms with van der Waals surface area (Å²) in [6.45, 7) is 2.36. The van der Waals surface area contributed by atoms with Crippen LogP contribution in [0.15, 0.2) is 77.4 Å². The first-order valence-electron chi connectivity index (χ1n) is 8.04. The van der Waals surface area contributed by atoms with Gasteiger partial charge < -0.3 is 15.1 Å². The highest BCUT2D eigenvalue weighted by Crippen LogP contribution is 2.20. The van der Waals surface area contributed by atoms with Crippen LogP contribution in [0.5, 0.6) is 0 Å². The van der Waals surface area contributed by atoms with Crippen molar-refractivity contribution in [3.8, 4) is 11.1 Å². The molecule has 0 saturated heterocycles. The number of rotatable bonds is 6. The van der Waals surface area contributed by atoms with Gasteiger partial charge >= 0.3 is 0 Å². The molecule has 1 atom stereocenters. The van der Waals surface area contributed by atoms with Crippen molar-refractivity contribution in [2.75, 3.05) is 11.9 Å². The van der Waals surface area contributed by atoms with Crippen LogP contribution in [0, 0.1) is 0 Å². The first kappa shape index (κ1) is 16.0. The fourth-order valence-corrected chi connectivity index (χ4v) is 2.54. The van der Waals surface area contributed by atoms with E-state index in [2.05, 4.69) is 17.4 Å². The Hall–Kier alpha value is -2.85. The summed E-state index contributed by atoms with van der Waals surface area (Å²) in [6, 6.07) is 21.9. The van der Waals surface area contributed by atoms with Crippen molar-refractivity contribution >= 4 is 11.6 Å². The second kappa shape index (κ2) is 7.62. The second-order valence-corrected chi connectivity index (χ2v) is 5.74. The molecule has 0 unspecified atom stereocenters. The Labute approximate surface area is 141 Å². The van der Waals surface area contributed by atoms with E-state index in [-0.39, 0.29) is 11.9 Å². The Bertz CT molecular complexity index is 765.